The number of benzene rings is 3. The van der Waals surface area contributed by atoms with E-state index >= 15 is 0 Å². The molecule has 1 aliphatic heterocycles. The molecule has 0 bridgehead atoms. The van der Waals surface area contributed by atoms with E-state index in [0.29, 0.717) is 22.2 Å². The highest BCUT2D eigenvalue weighted by Gasteiger charge is 2.32. The standard InChI is InChI=1S/C23H17ClN2O3/c1-29-20-12-2-15(3-13-20)14-21-23(28)26(18-8-10-19(27)11-9-18)22(25-21)16-4-6-17(24)7-5-16/h2-14,27H,1H3/b21-14+. The number of nitrogens with zero attached hydrogens (tertiary/aromatic N) is 2. The molecule has 1 aliphatic rings. The van der Waals surface area contributed by atoms with Crippen molar-refractivity contribution in [3.8, 4) is 11.5 Å². The molecule has 1 amide bonds. The predicted molar refractivity (Wildman–Crippen MR) is 115 cm³/mol. The number of anilines is 1. The Morgan fingerprint density at radius 1 is 0.966 bits per heavy atom. The second-order valence-electron chi connectivity index (χ2n) is 6.40. The minimum Gasteiger partial charge on any atom is -0.508 e. The minimum absolute atomic E-state index is 0.124. The molecule has 4 rings (SSSR count). The summed E-state index contributed by atoms with van der Waals surface area (Å²) in [7, 11) is 1.60. The van der Waals surface area contributed by atoms with Crippen molar-refractivity contribution in [3.63, 3.8) is 0 Å². The molecule has 3 aromatic carbocycles. The number of methoxy groups -OCH3 is 1. The Labute approximate surface area is 173 Å². The first-order valence-corrected chi connectivity index (χ1v) is 9.27. The van der Waals surface area contributed by atoms with E-state index in [1.807, 2.05) is 36.4 Å². The van der Waals surface area contributed by atoms with Gasteiger partial charge in [-0.05, 0) is 72.3 Å². The van der Waals surface area contributed by atoms with Crippen molar-refractivity contribution in [2.24, 2.45) is 4.99 Å². The molecule has 0 fully saturated rings. The first-order valence-electron chi connectivity index (χ1n) is 8.89. The molecule has 3 aromatic rings. The van der Waals surface area contributed by atoms with E-state index in [-0.39, 0.29) is 11.7 Å². The van der Waals surface area contributed by atoms with Gasteiger partial charge in [-0.3, -0.25) is 9.69 Å². The van der Waals surface area contributed by atoms with Gasteiger partial charge in [-0.15, -0.1) is 0 Å². The normalized spacial score (nSPS) is 15.0. The molecule has 1 heterocycles. The Morgan fingerprint density at radius 3 is 2.24 bits per heavy atom. The fraction of sp³-hybridized carbons (Fsp3) is 0.0435. The molecule has 0 radical (unpaired) electrons. The molecule has 29 heavy (non-hydrogen) atoms. The number of ether oxygens (including phenoxy) is 1. The van der Waals surface area contributed by atoms with Crippen LogP contribution in [0.5, 0.6) is 11.5 Å². The molecule has 6 heteroatoms. The molecule has 5 nitrogen and oxygen atoms in total. The summed E-state index contributed by atoms with van der Waals surface area (Å²) in [6.07, 6.45) is 1.73. The number of amides is 1. The molecule has 0 spiro atoms. The Balaban J connectivity index is 1.78. The second-order valence-corrected chi connectivity index (χ2v) is 6.84. The molecular weight excluding hydrogens is 388 g/mol. The molecule has 0 atom stereocenters. The number of phenols is 1. The van der Waals surface area contributed by atoms with Gasteiger partial charge in [0.15, 0.2) is 0 Å². The zero-order valence-electron chi connectivity index (χ0n) is 15.5. The lowest BCUT2D eigenvalue weighted by molar-refractivity contribution is -0.113. The van der Waals surface area contributed by atoms with Crippen molar-refractivity contribution in [3.05, 3.63) is 94.6 Å². The van der Waals surface area contributed by atoms with Gasteiger partial charge in [-0.25, -0.2) is 4.99 Å². The maximum Gasteiger partial charge on any atom is 0.282 e. The van der Waals surface area contributed by atoms with Gasteiger partial charge in [-0.1, -0.05) is 23.7 Å². The van der Waals surface area contributed by atoms with E-state index in [1.54, 1.807) is 37.5 Å². The number of rotatable bonds is 4. The van der Waals surface area contributed by atoms with Crippen LogP contribution < -0.4 is 9.64 Å². The predicted octanol–water partition coefficient (Wildman–Crippen LogP) is 4.89. The number of hydrogen-bond donors (Lipinski definition) is 1. The number of aliphatic imine (C=N–C) groups is 1. The van der Waals surface area contributed by atoms with Crippen LogP contribution in [0.1, 0.15) is 11.1 Å². The van der Waals surface area contributed by atoms with E-state index in [9.17, 15) is 9.90 Å². The van der Waals surface area contributed by atoms with E-state index in [2.05, 4.69) is 4.99 Å². The van der Waals surface area contributed by atoms with Crippen LogP contribution in [0.15, 0.2) is 83.5 Å². The fourth-order valence-electron chi connectivity index (χ4n) is 3.01. The smallest absolute Gasteiger partial charge is 0.282 e. The minimum atomic E-state index is -0.253. The number of phenolic OH excluding ortho intramolecular Hbond substituents is 1. The highest BCUT2D eigenvalue weighted by molar-refractivity contribution is 6.34. The van der Waals surface area contributed by atoms with E-state index in [0.717, 1.165) is 16.9 Å². The van der Waals surface area contributed by atoms with Gasteiger partial charge in [0, 0.05) is 10.6 Å². The summed E-state index contributed by atoms with van der Waals surface area (Å²) in [5.41, 5.74) is 2.52. The Hall–Kier alpha value is -3.57. The largest absolute Gasteiger partial charge is 0.508 e. The summed E-state index contributed by atoms with van der Waals surface area (Å²) >= 11 is 6.01. The number of hydrogen-bond acceptors (Lipinski definition) is 4. The third kappa shape index (κ3) is 3.86. The maximum absolute atomic E-state index is 13.2. The summed E-state index contributed by atoms with van der Waals surface area (Å²) in [5.74, 6) is 1.11. The first-order chi connectivity index (χ1) is 14.0. The topological polar surface area (TPSA) is 62.1 Å². The second kappa shape index (κ2) is 7.81. The summed E-state index contributed by atoms with van der Waals surface area (Å²) < 4.78 is 5.17. The van der Waals surface area contributed by atoms with Crippen LogP contribution in [0.25, 0.3) is 6.08 Å². The van der Waals surface area contributed by atoms with E-state index in [4.69, 9.17) is 16.3 Å². The summed E-state index contributed by atoms with van der Waals surface area (Å²) in [6.45, 7) is 0. The van der Waals surface area contributed by atoms with Gasteiger partial charge in [0.1, 0.15) is 23.0 Å². The van der Waals surface area contributed by atoms with Crippen molar-refractivity contribution < 1.29 is 14.6 Å². The van der Waals surface area contributed by atoms with Gasteiger partial charge in [-0.2, -0.15) is 0 Å². The van der Waals surface area contributed by atoms with Gasteiger partial charge in [0.05, 0.1) is 12.8 Å². The SMILES string of the molecule is COc1ccc(/C=C2/N=C(c3ccc(Cl)cc3)N(c3ccc(O)cc3)C2=O)cc1. The number of carbonyl (C=O) groups excluding carboxylic acids is 1. The molecule has 0 saturated carbocycles. The molecule has 0 aliphatic carbocycles. The summed E-state index contributed by atoms with van der Waals surface area (Å²) in [5, 5.41) is 10.2. The highest BCUT2D eigenvalue weighted by Crippen LogP contribution is 2.29. The van der Waals surface area contributed by atoms with E-state index in [1.165, 1.54) is 17.0 Å². The third-order valence-corrected chi connectivity index (χ3v) is 4.74. The van der Waals surface area contributed by atoms with Gasteiger partial charge in [0.2, 0.25) is 0 Å². The van der Waals surface area contributed by atoms with Crippen molar-refractivity contribution in [1.29, 1.82) is 0 Å². The number of carbonyl (C=O) groups is 1. The van der Waals surface area contributed by atoms with Gasteiger partial charge in [0.25, 0.3) is 5.91 Å². The zero-order chi connectivity index (χ0) is 20.4. The van der Waals surface area contributed by atoms with Crippen LogP contribution in [0.2, 0.25) is 5.02 Å². The average Bonchev–Trinajstić information content (AvgIpc) is 3.06. The lowest BCUT2D eigenvalue weighted by Crippen LogP contribution is -2.32. The van der Waals surface area contributed by atoms with Crippen LogP contribution in [0, 0.1) is 0 Å². The monoisotopic (exact) mass is 404 g/mol. The van der Waals surface area contributed by atoms with Gasteiger partial charge < -0.3 is 9.84 Å². The summed E-state index contributed by atoms with van der Waals surface area (Å²) in [6, 6.07) is 20.9. The lowest BCUT2D eigenvalue weighted by atomic mass is 10.1. The van der Waals surface area contributed by atoms with Crippen LogP contribution >= 0.6 is 11.6 Å². The maximum atomic E-state index is 13.2. The van der Waals surface area contributed by atoms with Crippen LogP contribution in [0.3, 0.4) is 0 Å². The Kier molecular flexibility index (Phi) is 5.06. The molecule has 1 N–H and O–H groups in total. The van der Waals surface area contributed by atoms with Crippen molar-refractivity contribution in [2.45, 2.75) is 0 Å². The van der Waals surface area contributed by atoms with Crippen molar-refractivity contribution >= 4 is 35.1 Å². The molecule has 0 unspecified atom stereocenters. The zero-order valence-corrected chi connectivity index (χ0v) is 16.3. The van der Waals surface area contributed by atoms with Crippen molar-refractivity contribution in [1.82, 2.24) is 0 Å². The first kappa shape index (κ1) is 18.8. The van der Waals surface area contributed by atoms with Crippen LogP contribution in [-0.2, 0) is 4.79 Å². The molecule has 0 aromatic heterocycles. The lowest BCUT2D eigenvalue weighted by Gasteiger charge is -2.18. The third-order valence-electron chi connectivity index (χ3n) is 4.49. The van der Waals surface area contributed by atoms with Gasteiger partial charge >= 0.3 is 0 Å². The van der Waals surface area contributed by atoms with E-state index < -0.39 is 0 Å². The van der Waals surface area contributed by atoms with Crippen LogP contribution in [-0.4, -0.2) is 24.0 Å². The quantitative estimate of drug-likeness (QED) is 0.630. The van der Waals surface area contributed by atoms with Crippen molar-refractivity contribution in [2.75, 3.05) is 12.0 Å². The highest BCUT2D eigenvalue weighted by atomic mass is 35.5. The fourth-order valence-corrected chi connectivity index (χ4v) is 3.13. The number of aromatic hydroxyl groups is 1. The van der Waals surface area contributed by atoms with Crippen LogP contribution in [0.4, 0.5) is 5.69 Å². The molecule has 0 saturated heterocycles. The Morgan fingerprint density at radius 2 is 1.62 bits per heavy atom. The number of amidine groups is 1. The Bertz CT molecular complexity index is 1100. The average molecular weight is 405 g/mol. The molecular formula is C23H17ClN2O3. The summed E-state index contributed by atoms with van der Waals surface area (Å²) in [4.78, 5) is 19.3. The number of halogens is 1. The molecule has 144 valence electrons.